The van der Waals surface area contributed by atoms with E-state index in [-0.39, 0.29) is 29.7 Å². The van der Waals surface area contributed by atoms with Crippen molar-refractivity contribution in [1.29, 1.82) is 0 Å². The van der Waals surface area contributed by atoms with Gasteiger partial charge in [0.2, 0.25) is 21.7 Å². The van der Waals surface area contributed by atoms with Gasteiger partial charge in [0.05, 0.1) is 10.8 Å². The number of Topliss-reactive ketones (excluding diaryl/α,β-unsaturated/α-hetero) is 1. The molecule has 0 unspecified atom stereocenters. The number of carbonyl (C=O) groups is 1. The summed E-state index contributed by atoms with van der Waals surface area (Å²) < 4.78 is 32.1. The van der Waals surface area contributed by atoms with Crippen molar-refractivity contribution in [3.05, 3.63) is 60.1 Å². The zero-order chi connectivity index (χ0) is 19.0. The van der Waals surface area contributed by atoms with Crippen LogP contribution in [0, 0.1) is 0 Å². The molecule has 3 heterocycles. The van der Waals surface area contributed by atoms with E-state index >= 15 is 0 Å². The Kier molecular flexibility index (Phi) is 4.33. The molecule has 0 spiro atoms. The molecule has 0 radical (unpaired) electrons. The number of benzene rings is 1. The van der Waals surface area contributed by atoms with E-state index in [0.29, 0.717) is 23.0 Å². The first-order valence-electron chi connectivity index (χ1n) is 8.31. The van der Waals surface area contributed by atoms with Crippen LogP contribution in [0.1, 0.15) is 29.1 Å². The Morgan fingerprint density at radius 3 is 2.70 bits per heavy atom. The van der Waals surface area contributed by atoms with Gasteiger partial charge in [-0.1, -0.05) is 23.4 Å². The molecule has 2 aromatic heterocycles. The highest BCUT2D eigenvalue weighted by molar-refractivity contribution is 7.89. The molecule has 1 fully saturated rings. The number of hydrogen-bond donors (Lipinski definition) is 0. The summed E-state index contributed by atoms with van der Waals surface area (Å²) in [6.45, 7) is 1.90. The number of rotatable bonds is 5. The van der Waals surface area contributed by atoms with Crippen molar-refractivity contribution >= 4 is 15.8 Å². The van der Waals surface area contributed by atoms with Crippen molar-refractivity contribution in [3.8, 4) is 11.5 Å². The lowest BCUT2D eigenvalue weighted by molar-refractivity contribution is 0.101. The third-order valence-electron chi connectivity index (χ3n) is 4.41. The van der Waals surface area contributed by atoms with E-state index in [1.807, 2.05) is 6.07 Å². The first-order chi connectivity index (χ1) is 12.9. The van der Waals surface area contributed by atoms with Gasteiger partial charge in [0.1, 0.15) is 5.69 Å². The van der Waals surface area contributed by atoms with Crippen LogP contribution in [0.2, 0.25) is 0 Å². The van der Waals surface area contributed by atoms with Crippen molar-refractivity contribution in [1.82, 2.24) is 19.4 Å². The average molecular weight is 384 g/mol. The van der Waals surface area contributed by atoms with Crippen molar-refractivity contribution in [3.63, 3.8) is 0 Å². The van der Waals surface area contributed by atoms with Crippen LogP contribution >= 0.6 is 0 Å². The molecule has 0 N–H and O–H groups in total. The minimum absolute atomic E-state index is 0.105. The fourth-order valence-electron chi connectivity index (χ4n) is 2.82. The quantitative estimate of drug-likeness (QED) is 0.620. The van der Waals surface area contributed by atoms with Crippen molar-refractivity contribution in [2.45, 2.75) is 17.7 Å². The fraction of sp³-hybridized carbons (Fsp3) is 0.222. The fourth-order valence-corrected chi connectivity index (χ4v) is 4.39. The number of hydrogen-bond acceptors (Lipinski definition) is 7. The van der Waals surface area contributed by atoms with Crippen LogP contribution in [0.25, 0.3) is 11.5 Å². The van der Waals surface area contributed by atoms with Crippen LogP contribution in [0.5, 0.6) is 0 Å². The van der Waals surface area contributed by atoms with E-state index < -0.39 is 10.0 Å². The van der Waals surface area contributed by atoms with Gasteiger partial charge < -0.3 is 4.52 Å². The minimum atomic E-state index is -3.67. The van der Waals surface area contributed by atoms with E-state index in [9.17, 15) is 13.2 Å². The highest BCUT2D eigenvalue weighted by Gasteiger charge is 2.40. The lowest BCUT2D eigenvalue weighted by Gasteiger charge is -2.35. The summed E-state index contributed by atoms with van der Waals surface area (Å²) in [6, 6.07) is 11.4. The second-order valence-electron chi connectivity index (χ2n) is 6.27. The second kappa shape index (κ2) is 6.67. The Balaban J connectivity index is 1.48. The van der Waals surface area contributed by atoms with Crippen molar-refractivity contribution in [2.75, 3.05) is 13.1 Å². The van der Waals surface area contributed by atoms with Gasteiger partial charge in [-0.15, -0.1) is 0 Å². The number of pyridine rings is 1. The number of ketones is 1. The monoisotopic (exact) mass is 384 g/mol. The van der Waals surface area contributed by atoms with Gasteiger partial charge in [0, 0.05) is 24.8 Å². The Morgan fingerprint density at radius 2 is 2.00 bits per heavy atom. The zero-order valence-electron chi connectivity index (χ0n) is 14.4. The SMILES string of the molecule is CC(=O)c1cccc(S(=O)(=O)N2CC(c3nc(-c4ccccn4)no3)C2)c1. The molecule has 8 nitrogen and oxygen atoms in total. The lowest BCUT2D eigenvalue weighted by Crippen LogP contribution is -2.48. The molecule has 0 amide bonds. The maximum absolute atomic E-state index is 12.7. The van der Waals surface area contributed by atoms with Gasteiger partial charge in [-0.3, -0.25) is 9.78 Å². The highest BCUT2D eigenvalue weighted by Crippen LogP contribution is 2.32. The first-order valence-corrected chi connectivity index (χ1v) is 9.75. The van der Waals surface area contributed by atoms with E-state index in [4.69, 9.17) is 4.52 Å². The molecule has 1 aliphatic heterocycles. The lowest BCUT2D eigenvalue weighted by atomic mass is 10.0. The molecule has 0 atom stereocenters. The Bertz CT molecular complexity index is 1090. The number of sulfonamides is 1. The Labute approximate surface area is 155 Å². The summed E-state index contributed by atoms with van der Waals surface area (Å²) in [4.78, 5) is 20.1. The first kappa shape index (κ1) is 17.5. The molecule has 0 bridgehead atoms. The molecule has 4 rings (SSSR count). The van der Waals surface area contributed by atoms with Crippen LogP contribution in [0.3, 0.4) is 0 Å². The molecule has 138 valence electrons. The normalized spacial score (nSPS) is 15.4. The van der Waals surface area contributed by atoms with Gasteiger partial charge in [-0.25, -0.2) is 8.42 Å². The summed E-state index contributed by atoms with van der Waals surface area (Å²) in [7, 11) is -3.67. The summed E-state index contributed by atoms with van der Waals surface area (Å²) in [5.41, 5.74) is 0.961. The van der Waals surface area contributed by atoms with Gasteiger partial charge in [0.15, 0.2) is 5.78 Å². The Hall–Kier alpha value is -2.91. The van der Waals surface area contributed by atoms with Crippen LogP contribution in [-0.2, 0) is 10.0 Å². The third-order valence-corrected chi connectivity index (χ3v) is 6.24. The van der Waals surface area contributed by atoms with Gasteiger partial charge in [-0.2, -0.15) is 9.29 Å². The predicted molar refractivity (Wildman–Crippen MR) is 95.5 cm³/mol. The maximum Gasteiger partial charge on any atom is 0.243 e. The average Bonchev–Trinajstić information content (AvgIpc) is 3.10. The topological polar surface area (TPSA) is 106 Å². The van der Waals surface area contributed by atoms with Crippen LogP contribution in [-0.4, -0.2) is 46.7 Å². The number of carbonyl (C=O) groups excluding carboxylic acids is 1. The maximum atomic E-state index is 12.7. The van der Waals surface area contributed by atoms with E-state index in [1.165, 1.54) is 23.4 Å². The van der Waals surface area contributed by atoms with Gasteiger partial charge >= 0.3 is 0 Å². The molecule has 1 saturated heterocycles. The molecule has 1 aliphatic rings. The van der Waals surface area contributed by atoms with Crippen molar-refractivity contribution in [2.24, 2.45) is 0 Å². The van der Waals surface area contributed by atoms with Crippen LogP contribution in [0.4, 0.5) is 0 Å². The standard InChI is InChI=1S/C18H16N4O4S/c1-12(23)13-5-4-6-15(9-13)27(24,25)22-10-14(11-22)18-20-17(21-26-18)16-7-2-3-8-19-16/h2-9,14H,10-11H2,1H3. The summed E-state index contributed by atoms with van der Waals surface area (Å²) >= 11 is 0. The van der Waals surface area contributed by atoms with E-state index in [1.54, 1.807) is 30.5 Å². The predicted octanol–water partition coefficient (Wildman–Crippen LogP) is 2.12. The molecule has 27 heavy (non-hydrogen) atoms. The molecular formula is C18H16N4O4S. The van der Waals surface area contributed by atoms with Crippen LogP contribution in [0.15, 0.2) is 58.1 Å². The van der Waals surface area contributed by atoms with Crippen molar-refractivity contribution < 1.29 is 17.7 Å². The summed E-state index contributed by atoms with van der Waals surface area (Å²) in [5.74, 6) is 0.419. The summed E-state index contributed by atoms with van der Waals surface area (Å²) in [6.07, 6.45) is 1.64. The number of nitrogens with zero attached hydrogens (tertiary/aromatic N) is 4. The third kappa shape index (κ3) is 3.26. The van der Waals surface area contributed by atoms with E-state index in [2.05, 4.69) is 15.1 Å². The highest BCUT2D eigenvalue weighted by atomic mass is 32.2. The summed E-state index contributed by atoms with van der Waals surface area (Å²) in [5, 5.41) is 3.91. The second-order valence-corrected chi connectivity index (χ2v) is 8.21. The van der Waals surface area contributed by atoms with Gasteiger partial charge in [-0.05, 0) is 31.2 Å². The molecular weight excluding hydrogens is 368 g/mol. The molecule has 1 aromatic carbocycles. The van der Waals surface area contributed by atoms with E-state index in [0.717, 1.165) is 0 Å². The van der Waals surface area contributed by atoms with Gasteiger partial charge in [0.25, 0.3) is 0 Å². The minimum Gasteiger partial charge on any atom is -0.339 e. The molecule has 0 saturated carbocycles. The molecule has 0 aliphatic carbocycles. The number of aromatic nitrogens is 3. The molecule has 9 heteroatoms. The largest absolute Gasteiger partial charge is 0.339 e. The smallest absolute Gasteiger partial charge is 0.243 e. The molecule has 3 aromatic rings. The Morgan fingerprint density at radius 1 is 1.19 bits per heavy atom. The zero-order valence-corrected chi connectivity index (χ0v) is 15.3. The van der Waals surface area contributed by atoms with Crippen LogP contribution < -0.4 is 0 Å².